The zero-order valence-electron chi connectivity index (χ0n) is 10.9. The zero-order valence-corrected chi connectivity index (χ0v) is 11.7. The molecule has 0 radical (unpaired) electrons. The fourth-order valence-corrected chi connectivity index (χ4v) is 2.16. The summed E-state index contributed by atoms with van der Waals surface area (Å²) < 4.78 is 13.5. The van der Waals surface area contributed by atoms with Gasteiger partial charge >= 0.3 is 0 Å². The second-order valence-corrected chi connectivity index (χ2v) is 4.66. The number of aromatic nitrogens is 7. The lowest BCUT2D eigenvalue weighted by atomic mass is 10.6. The minimum atomic E-state index is -0.376. The maximum absolute atomic E-state index is 5.12. The van der Waals surface area contributed by atoms with Crippen LogP contribution in [0.15, 0.2) is 11.4 Å². The van der Waals surface area contributed by atoms with Gasteiger partial charge in [-0.2, -0.15) is 0 Å². The highest BCUT2D eigenvalue weighted by Crippen LogP contribution is 2.18. The molecule has 0 aliphatic carbocycles. The van der Waals surface area contributed by atoms with E-state index in [1.807, 2.05) is 13.2 Å². The molecule has 0 amide bonds. The number of aryl methyl sites for hydroxylation is 1. The Bertz CT molecular complexity index is 510. The molecule has 9 nitrogen and oxygen atoms in total. The molecule has 0 bridgehead atoms. The van der Waals surface area contributed by atoms with E-state index in [0.717, 1.165) is 5.69 Å². The summed E-state index contributed by atoms with van der Waals surface area (Å²) >= 11 is 1.48. The molecule has 0 fully saturated rings. The smallest absolute Gasteiger partial charge is 0.209 e. The molecule has 0 aliphatic heterocycles. The molecule has 2 aromatic heterocycles. The summed E-state index contributed by atoms with van der Waals surface area (Å²) in [5, 5.41) is 20.1. The van der Waals surface area contributed by atoms with Crippen LogP contribution < -0.4 is 0 Å². The molecule has 0 unspecified atom stereocenters. The predicted octanol–water partition coefficient (Wildman–Crippen LogP) is -0.287. The third kappa shape index (κ3) is 3.72. The van der Waals surface area contributed by atoms with Crippen molar-refractivity contribution in [1.29, 1.82) is 0 Å². The van der Waals surface area contributed by atoms with Gasteiger partial charge in [0.05, 0.1) is 12.2 Å². The van der Waals surface area contributed by atoms with Crippen molar-refractivity contribution >= 4 is 11.8 Å². The molecule has 0 N–H and O–H groups in total. The lowest BCUT2D eigenvalue weighted by Crippen LogP contribution is -2.21. The topological polar surface area (TPSA) is 92.8 Å². The summed E-state index contributed by atoms with van der Waals surface area (Å²) in [6.07, 6.45) is 1.48. The van der Waals surface area contributed by atoms with Crippen molar-refractivity contribution < 1.29 is 9.47 Å². The fourth-order valence-electron chi connectivity index (χ4n) is 1.40. The van der Waals surface area contributed by atoms with Gasteiger partial charge in [0.15, 0.2) is 6.29 Å². The molecule has 10 heteroatoms. The molecule has 0 aliphatic rings. The number of ether oxygens (including phenoxy) is 2. The first-order valence-corrected chi connectivity index (χ1v) is 6.51. The van der Waals surface area contributed by atoms with Crippen LogP contribution in [0.4, 0.5) is 0 Å². The van der Waals surface area contributed by atoms with Gasteiger partial charge in [0.1, 0.15) is 0 Å². The fraction of sp³-hybridized carbons (Fsp3) is 0.667. The molecular formula is C9H15N7O2S. The number of hydrogen-bond donors (Lipinski definition) is 0. The van der Waals surface area contributed by atoms with Crippen LogP contribution in [0.1, 0.15) is 5.69 Å². The van der Waals surface area contributed by atoms with Gasteiger partial charge in [-0.25, -0.2) is 4.68 Å². The maximum Gasteiger partial charge on any atom is 0.209 e. The maximum atomic E-state index is 5.12. The Hall–Kier alpha value is -1.52. The molecule has 0 spiro atoms. The molecule has 0 atom stereocenters. The van der Waals surface area contributed by atoms with E-state index in [4.69, 9.17) is 9.47 Å². The Morgan fingerprint density at radius 3 is 2.68 bits per heavy atom. The molecule has 0 saturated carbocycles. The van der Waals surface area contributed by atoms with Crippen molar-refractivity contribution in [3.8, 4) is 0 Å². The SMILES string of the molecule is COC(Cn1nnnc1SCc1cn(C)nn1)OC. The van der Waals surface area contributed by atoms with Crippen LogP contribution in [-0.4, -0.2) is 55.7 Å². The van der Waals surface area contributed by atoms with Gasteiger partial charge in [0.2, 0.25) is 5.16 Å². The third-order valence-corrected chi connectivity index (χ3v) is 3.34. The zero-order chi connectivity index (χ0) is 13.7. The van der Waals surface area contributed by atoms with E-state index in [-0.39, 0.29) is 6.29 Å². The molecule has 104 valence electrons. The van der Waals surface area contributed by atoms with E-state index >= 15 is 0 Å². The van der Waals surface area contributed by atoms with Crippen molar-refractivity contribution in [2.24, 2.45) is 7.05 Å². The summed E-state index contributed by atoms with van der Waals surface area (Å²) in [7, 11) is 4.97. The highest BCUT2D eigenvalue weighted by molar-refractivity contribution is 7.98. The minimum absolute atomic E-state index is 0.376. The lowest BCUT2D eigenvalue weighted by molar-refractivity contribution is -0.113. The Labute approximate surface area is 114 Å². The Morgan fingerprint density at radius 1 is 1.26 bits per heavy atom. The third-order valence-electron chi connectivity index (χ3n) is 2.35. The van der Waals surface area contributed by atoms with Crippen molar-refractivity contribution in [3.05, 3.63) is 11.9 Å². The first kappa shape index (κ1) is 13.9. The second kappa shape index (κ2) is 6.59. The summed E-state index contributed by atoms with van der Waals surface area (Å²) in [5.74, 6) is 0.652. The van der Waals surface area contributed by atoms with Gasteiger partial charge in [0, 0.05) is 33.2 Å². The van der Waals surface area contributed by atoms with Gasteiger partial charge in [0.25, 0.3) is 0 Å². The Morgan fingerprint density at radius 2 is 2.05 bits per heavy atom. The van der Waals surface area contributed by atoms with Gasteiger partial charge in [-0.1, -0.05) is 17.0 Å². The van der Waals surface area contributed by atoms with Crippen LogP contribution in [-0.2, 0) is 28.8 Å². The van der Waals surface area contributed by atoms with E-state index < -0.39 is 0 Å². The normalized spacial score (nSPS) is 11.4. The summed E-state index contributed by atoms with van der Waals surface area (Å²) in [6, 6.07) is 0. The van der Waals surface area contributed by atoms with Crippen LogP contribution in [0.25, 0.3) is 0 Å². The van der Waals surface area contributed by atoms with E-state index in [0.29, 0.717) is 17.5 Å². The minimum Gasteiger partial charge on any atom is -0.354 e. The molecule has 0 saturated heterocycles. The molecular weight excluding hydrogens is 270 g/mol. The van der Waals surface area contributed by atoms with Crippen LogP contribution >= 0.6 is 11.8 Å². The first-order chi connectivity index (χ1) is 9.22. The number of rotatable bonds is 7. The standard InChI is InChI=1S/C9H15N7O2S/c1-15-4-7(10-13-15)6-19-9-11-12-14-16(9)5-8(17-2)18-3/h4,8H,5-6H2,1-3H3. The summed E-state index contributed by atoms with van der Waals surface area (Å²) in [4.78, 5) is 0. The van der Waals surface area contributed by atoms with E-state index in [1.54, 1.807) is 23.6 Å². The van der Waals surface area contributed by atoms with Gasteiger partial charge in [-0.15, -0.1) is 10.2 Å². The molecule has 19 heavy (non-hydrogen) atoms. The molecule has 0 aromatic carbocycles. The number of thioether (sulfide) groups is 1. The lowest BCUT2D eigenvalue weighted by Gasteiger charge is -2.13. The number of methoxy groups -OCH3 is 2. The van der Waals surface area contributed by atoms with Crippen molar-refractivity contribution in [2.75, 3.05) is 14.2 Å². The first-order valence-electron chi connectivity index (χ1n) is 5.52. The van der Waals surface area contributed by atoms with Gasteiger partial charge in [-0.3, -0.25) is 4.68 Å². The summed E-state index contributed by atoms with van der Waals surface area (Å²) in [6.45, 7) is 0.433. The van der Waals surface area contributed by atoms with Crippen LogP contribution in [0, 0.1) is 0 Å². The molecule has 2 rings (SSSR count). The highest BCUT2D eigenvalue weighted by Gasteiger charge is 2.13. The number of nitrogens with zero attached hydrogens (tertiary/aromatic N) is 7. The van der Waals surface area contributed by atoms with E-state index in [1.165, 1.54) is 11.8 Å². The average molecular weight is 285 g/mol. The van der Waals surface area contributed by atoms with Gasteiger partial charge < -0.3 is 9.47 Å². The monoisotopic (exact) mass is 285 g/mol. The average Bonchev–Trinajstić information content (AvgIpc) is 3.02. The Balaban J connectivity index is 1.95. The van der Waals surface area contributed by atoms with Crippen LogP contribution in [0.2, 0.25) is 0 Å². The highest BCUT2D eigenvalue weighted by atomic mass is 32.2. The number of hydrogen-bond acceptors (Lipinski definition) is 8. The van der Waals surface area contributed by atoms with Crippen molar-refractivity contribution in [3.63, 3.8) is 0 Å². The summed E-state index contributed by atoms with van der Waals surface area (Å²) in [5.41, 5.74) is 0.872. The molecule has 2 aromatic rings. The number of tetrazole rings is 1. The second-order valence-electron chi connectivity index (χ2n) is 3.72. The molecule has 2 heterocycles. The van der Waals surface area contributed by atoms with Gasteiger partial charge in [-0.05, 0) is 10.4 Å². The van der Waals surface area contributed by atoms with E-state index in [9.17, 15) is 0 Å². The predicted molar refractivity (Wildman–Crippen MR) is 66.2 cm³/mol. The van der Waals surface area contributed by atoms with Crippen LogP contribution in [0.5, 0.6) is 0 Å². The van der Waals surface area contributed by atoms with Crippen molar-refractivity contribution in [1.82, 2.24) is 35.2 Å². The van der Waals surface area contributed by atoms with Crippen LogP contribution in [0.3, 0.4) is 0 Å². The van der Waals surface area contributed by atoms with E-state index in [2.05, 4.69) is 25.8 Å². The van der Waals surface area contributed by atoms with Crippen molar-refractivity contribution in [2.45, 2.75) is 23.7 Å². The Kier molecular flexibility index (Phi) is 4.82. The largest absolute Gasteiger partial charge is 0.354 e. The quantitative estimate of drug-likeness (QED) is 0.506.